The fourth-order valence-electron chi connectivity index (χ4n) is 1.94. The van der Waals surface area contributed by atoms with Gasteiger partial charge in [-0.15, -0.1) is 0 Å². The number of nitrogens with zero attached hydrogens (tertiary/aromatic N) is 2. The van der Waals surface area contributed by atoms with Crippen LogP contribution in [0.3, 0.4) is 0 Å². The second kappa shape index (κ2) is 5.10. The van der Waals surface area contributed by atoms with Crippen molar-refractivity contribution >= 4 is 21.7 Å². The van der Waals surface area contributed by atoms with Crippen LogP contribution in [0.4, 0.5) is 5.69 Å². The molecule has 2 rings (SSSR count). The van der Waals surface area contributed by atoms with Gasteiger partial charge in [0.15, 0.2) is 9.84 Å². The normalized spacial score (nSPS) is 22.4. The van der Waals surface area contributed by atoms with E-state index in [4.69, 9.17) is 0 Å². The molecule has 0 spiro atoms. The summed E-state index contributed by atoms with van der Waals surface area (Å²) in [5, 5.41) is 0. The standard InChI is InChI=1S/C13H18N2O2S/c1-15(2)13-5-3-11(4-6-13)9-14-12-7-8-18(16,17)10-12/h3-6,9,12H,7-8,10H2,1-2H3. The molecule has 1 heterocycles. The van der Waals surface area contributed by atoms with Gasteiger partial charge in [-0.05, 0) is 24.1 Å². The van der Waals surface area contributed by atoms with E-state index in [0.29, 0.717) is 6.42 Å². The lowest BCUT2D eigenvalue weighted by Crippen LogP contribution is -2.08. The van der Waals surface area contributed by atoms with E-state index in [-0.39, 0.29) is 17.5 Å². The smallest absolute Gasteiger partial charge is 0.152 e. The highest BCUT2D eigenvalue weighted by atomic mass is 32.2. The number of benzene rings is 1. The summed E-state index contributed by atoms with van der Waals surface area (Å²) in [6.07, 6.45) is 2.42. The topological polar surface area (TPSA) is 49.7 Å². The average Bonchev–Trinajstić information content (AvgIpc) is 2.67. The van der Waals surface area contributed by atoms with Gasteiger partial charge in [0, 0.05) is 26.0 Å². The molecule has 98 valence electrons. The van der Waals surface area contributed by atoms with Crippen LogP contribution in [0.15, 0.2) is 29.3 Å². The lowest BCUT2D eigenvalue weighted by molar-refractivity contribution is 0.601. The predicted octanol–water partition coefficient (Wildman–Crippen LogP) is 1.36. The highest BCUT2D eigenvalue weighted by Crippen LogP contribution is 2.15. The molecule has 5 heteroatoms. The number of hydrogen-bond acceptors (Lipinski definition) is 4. The van der Waals surface area contributed by atoms with Gasteiger partial charge in [-0.2, -0.15) is 0 Å². The van der Waals surface area contributed by atoms with Gasteiger partial charge in [-0.1, -0.05) is 12.1 Å². The van der Waals surface area contributed by atoms with E-state index < -0.39 is 9.84 Å². The van der Waals surface area contributed by atoms with Crippen LogP contribution in [0.2, 0.25) is 0 Å². The largest absolute Gasteiger partial charge is 0.378 e. The van der Waals surface area contributed by atoms with Crippen molar-refractivity contribution in [1.82, 2.24) is 0 Å². The molecule has 0 N–H and O–H groups in total. The molecular weight excluding hydrogens is 248 g/mol. The molecule has 0 radical (unpaired) electrons. The average molecular weight is 266 g/mol. The van der Waals surface area contributed by atoms with E-state index >= 15 is 0 Å². The third-order valence-corrected chi connectivity index (χ3v) is 4.80. The Morgan fingerprint density at radius 2 is 1.94 bits per heavy atom. The van der Waals surface area contributed by atoms with E-state index in [9.17, 15) is 8.42 Å². The van der Waals surface area contributed by atoms with Crippen LogP contribution in [0.5, 0.6) is 0 Å². The van der Waals surface area contributed by atoms with Gasteiger partial charge >= 0.3 is 0 Å². The summed E-state index contributed by atoms with van der Waals surface area (Å²) in [6, 6.07) is 7.95. The Morgan fingerprint density at radius 1 is 1.28 bits per heavy atom. The minimum absolute atomic E-state index is 0.0662. The van der Waals surface area contributed by atoms with Gasteiger partial charge in [0.05, 0.1) is 17.5 Å². The van der Waals surface area contributed by atoms with Crippen LogP contribution in [0.25, 0.3) is 0 Å². The van der Waals surface area contributed by atoms with Gasteiger partial charge in [0.1, 0.15) is 0 Å². The van der Waals surface area contributed by atoms with Gasteiger partial charge in [-0.3, -0.25) is 4.99 Å². The lowest BCUT2D eigenvalue weighted by atomic mass is 10.2. The van der Waals surface area contributed by atoms with Crippen LogP contribution in [-0.4, -0.2) is 46.3 Å². The molecular formula is C13H18N2O2S. The maximum Gasteiger partial charge on any atom is 0.152 e. The Labute approximate surface area is 108 Å². The number of sulfone groups is 1. The third-order valence-electron chi connectivity index (χ3n) is 3.05. The maximum atomic E-state index is 11.3. The monoisotopic (exact) mass is 266 g/mol. The zero-order valence-corrected chi connectivity index (χ0v) is 11.5. The molecule has 1 atom stereocenters. The predicted molar refractivity (Wildman–Crippen MR) is 75.4 cm³/mol. The van der Waals surface area contributed by atoms with Crippen LogP contribution in [-0.2, 0) is 9.84 Å². The zero-order chi connectivity index (χ0) is 13.2. The van der Waals surface area contributed by atoms with Crippen molar-refractivity contribution in [1.29, 1.82) is 0 Å². The molecule has 1 aliphatic heterocycles. The zero-order valence-electron chi connectivity index (χ0n) is 10.7. The summed E-state index contributed by atoms with van der Waals surface area (Å²) in [7, 11) is 1.15. The van der Waals surface area contributed by atoms with E-state index in [1.165, 1.54) is 0 Å². The van der Waals surface area contributed by atoms with E-state index in [1.54, 1.807) is 6.21 Å². The van der Waals surface area contributed by atoms with Crippen molar-refractivity contribution in [3.05, 3.63) is 29.8 Å². The second-order valence-electron chi connectivity index (χ2n) is 4.82. The molecule has 0 bridgehead atoms. The summed E-state index contributed by atoms with van der Waals surface area (Å²) < 4.78 is 22.6. The Balaban J connectivity index is 2.01. The first-order chi connectivity index (χ1) is 8.46. The highest BCUT2D eigenvalue weighted by molar-refractivity contribution is 7.91. The van der Waals surface area contributed by atoms with Gasteiger partial charge in [0.2, 0.25) is 0 Å². The lowest BCUT2D eigenvalue weighted by Gasteiger charge is -2.11. The first kappa shape index (κ1) is 13.1. The Bertz CT molecular complexity index is 533. The van der Waals surface area contributed by atoms with Crippen molar-refractivity contribution in [3.63, 3.8) is 0 Å². The van der Waals surface area contributed by atoms with Crippen molar-refractivity contribution in [2.75, 3.05) is 30.5 Å². The molecule has 18 heavy (non-hydrogen) atoms. The highest BCUT2D eigenvalue weighted by Gasteiger charge is 2.26. The quantitative estimate of drug-likeness (QED) is 0.776. The summed E-state index contributed by atoms with van der Waals surface area (Å²) in [4.78, 5) is 6.38. The Morgan fingerprint density at radius 3 is 2.44 bits per heavy atom. The fraction of sp³-hybridized carbons (Fsp3) is 0.462. The molecule has 1 aromatic rings. The van der Waals surface area contributed by atoms with E-state index in [1.807, 2.05) is 43.3 Å². The molecule has 0 saturated carbocycles. The van der Waals surface area contributed by atoms with Crippen LogP contribution < -0.4 is 4.90 Å². The number of anilines is 1. The van der Waals surface area contributed by atoms with Crippen molar-refractivity contribution < 1.29 is 8.42 Å². The minimum atomic E-state index is -2.84. The molecule has 1 aliphatic rings. The number of aliphatic imine (C=N–C) groups is 1. The first-order valence-electron chi connectivity index (χ1n) is 5.97. The molecule has 0 aromatic heterocycles. The first-order valence-corrected chi connectivity index (χ1v) is 7.79. The van der Waals surface area contributed by atoms with Crippen molar-refractivity contribution in [3.8, 4) is 0 Å². The summed E-state index contributed by atoms with van der Waals surface area (Å²) in [5.74, 6) is 0.466. The SMILES string of the molecule is CN(C)c1ccc(C=NC2CCS(=O)(=O)C2)cc1. The molecule has 4 nitrogen and oxygen atoms in total. The molecule has 1 fully saturated rings. The maximum absolute atomic E-state index is 11.3. The van der Waals surface area contributed by atoms with Gasteiger partial charge in [0.25, 0.3) is 0 Å². The van der Waals surface area contributed by atoms with E-state index in [2.05, 4.69) is 4.99 Å². The minimum Gasteiger partial charge on any atom is -0.378 e. The van der Waals surface area contributed by atoms with Gasteiger partial charge < -0.3 is 4.90 Å². The molecule has 0 aliphatic carbocycles. The molecule has 0 amide bonds. The molecule has 1 unspecified atom stereocenters. The van der Waals surface area contributed by atoms with Gasteiger partial charge in [-0.25, -0.2) is 8.42 Å². The number of hydrogen-bond donors (Lipinski definition) is 0. The van der Waals surface area contributed by atoms with Crippen LogP contribution in [0, 0.1) is 0 Å². The van der Waals surface area contributed by atoms with Crippen LogP contribution >= 0.6 is 0 Å². The summed E-state index contributed by atoms with van der Waals surface area (Å²) in [5.41, 5.74) is 2.14. The molecule has 1 aromatic carbocycles. The van der Waals surface area contributed by atoms with Crippen LogP contribution in [0.1, 0.15) is 12.0 Å². The fourth-order valence-corrected chi connectivity index (χ4v) is 3.58. The second-order valence-corrected chi connectivity index (χ2v) is 7.05. The Kier molecular flexibility index (Phi) is 3.71. The molecule has 1 saturated heterocycles. The summed E-state index contributed by atoms with van der Waals surface area (Å²) >= 11 is 0. The third kappa shape index (κ3) is 3.32. The van der Waals surface area contributed by atoms with E-state index in [0.717, 1.165) is 11.3 Å². The Hall–Kier alpha value is -1.36. The van der Waals surface area contributed by atoms with Crippen molar-refractivity contribution in [2.45, 2.75) is 12.5 Å². The van der Waals surface area contributed by atoms with Crippen molar-refractivity contribution in [2.24, 2.45) is 4.99 Å². The summed E-state index contributed by atoms with van der Waals surface area (Å²) in [6.45, 7) is 0. The number of rotatable bonds is 3.